The Kier molecular flexibility index (Phi) is 5.89. The number of alkyl halides is 3. The van der Waals surface area contributed by atoms with Crippen molar-refractivity contribution in [2.45, 2.75) is 3.79 Å². The van der Waals surface area contributed by atoms with E-state index < -0.39 is 14.5 Å². The van der Waals surface area contributed by atoms with Gasteiger partial charge in [0, 0.05) is 23.9 Å². The molecule has 9 heteroatoms. The molecular weight excluding hydrogens is 391 g/mol. The van der Waals surface area contributed by atoms with Crippen LogP contribution >= 0.6 is 34.8 Å². The lowest BCUT2D eigenvalue weighted by Crippen LogP contribution is -2.17. The van der Waals surface area contributed by atoms with Crippen LogP contribution in [0.25, 0.3) is 5.70 Å². The molecule has 0 bridgehead atoms. The second-order valence-corrected chi connectivity index (χ2v) is 7.15. The second-order valence-electron chi connectivity index (χ2n) is 4.87. The Morgan fingerprint density at radius 1 is 1.12 bits per heavy atom. The molecule has 2 N–H and O–H groups in total. The number of aromatic hydroxyl groups is 1. The van der Waals surface area contributed by atoms with Crippen LogP contribution in [0.3, 0.4) is 0 Å². The number of benzene rings is 2. The fraction of sp³-hybridized carbons (Fsp3) is 0.0625. The number of carbonyl (C=O) groups excluding carboxylic acids is 1. The maximum atomic E-state index is 12.0. The smallest absolute Gasteiger partial charge is 0.269 e. The zero-order valence-corrected chi connectivity index (χ0v) is 14.7. The van der Waals surface area contributed by atoms with Crippen LogP contribution in [0.2, 0.25) is 0 Å². The van der Waals surface area contributed by atoms with Gasteiger partial charge in [-0.3, -0.25) is 14.9 Å². The van der Waals surface area contributed by atoms with E-state index in [2.05, 4.69) is 5.32 Å². The van der Waals surface area contributed by atoms with Gasteiger partial charge in [-0.15, -0.1) is 0 Å². The Morgan fingerprint density at radius 2 is 1.72 bits per heavy atom. The van der Waals surface area contributed by atoms with Crippen molar-refractivity contribution in [3.05, 3.63) is 70.3 Å². The first-order valence-electron chi connectivity index (χ1n) is 6.81. The number of para-hydroxylation sites is 2. The first kappa shape index (κ1) is 19.1. The summed E-state index contributed by atoms with van der Waals surface area (Å²) in [7, 11) is 0. The van der Waals surface area contributed by atoms with Crippen molar-refractivity contribution in [1.82, 2.24) is 0 Å². The number of nitrogens with zero attached hydrogens (tertiary/aromatic N) is 1. The van der Waals surface area contributed by atoms with E-state index in [9.17, 15) is 20.0 Å². The third kappa shape index (κ3) is 5.09. The van der Waals surface area contributed by atoms with Crippen LogP contribution in [0.4, 0.5) is 11.4 Å². The standard InChI is InChI=1S/C16H11Cl3N2O4/c17-16(18,19)15(23)9-13(20-12-3-1-2-4-14(12)22)10-5-7-11(8-6-10)21(24)25/h1-9,20,22H/b13-9-. The molecule has 0 aliphatic heterocycles. The Labute approximate surface area is 157 Å². The number of ketones is 1. The van der Waals surface area contributed by atoms with Gasteiger partial charge < -0.3 is 10.4 Å². The van der Waals surface area contributed by atoms with Crippen LogP contribution in [0, 0.1) is 10.1 Å². The minimum atomic E-state index is -2.16. The first-order valence-corrected chi connectivity index (χ1v) is 7.94. The molecule has 0 saturated heterocycles. The number of rotatable bonds is 5. The molecule has 2 aromatic carbocycles. The van der Waals surface area contributed by atoms with Crippen molar-refractivity contribution < 1.29 is 14.8 Å². The van der Waals surface area contributed by atoms with Gasteiger partial charge in [-0.1, -0.05) is 46.9 Å². The van der Waals surface area contributed by atoms with Crippen LogP contribution < -0.4 is 5.32 Å². The van der Waals surface area contributed by atoms with Gasteiger partial charge in [0.1, 0.15) is 5.75 Å². The molecule has 6 nitrogen and oxygen atoms in total. The molecule has 0 fully saturated rings. The molecule has 130 valence electrons. The highest BCUT2D eigenvalue weighted by Crippen LogP contribution is 2.31. The fourth-order valence-corrected chi connectivity index (χ4v) is 2.06. The number of carbonyl (C=O) groups is 1. The summed E-state index contributed by atoms with van der Waals surface area (Å²) in [6.45, 7) is 0. The molecule has 0 amide bonds. The lowest BCUT2D eigenvalue weighted by Gasteiger charge is -2.14. The third-order valence-electron chi connectivity index (χ3n) is 3.12. The molecule has 0 atom stereocenters. The molecule has 0 saturated carbocycles. The highest BCUT2D eigenvalue weighted by atomic mass is 35.6. The fourth-order valence-electron chi connectivity index (χ4n) is 1.89. The molecule has 0 spiro atoms. The van der Waals surface area contributed by atoms with Gasteiger partial charge in [0.25, 0.3) is 9.48 Å². The minimum absolute atomic E-state index is 0.0587. The molecular formula is C16H11Cl3N2O4. The molecule has 2 rings (SSSR count). The zero-order chi connectivity index (χ0) is 18.6. The number of halogens is 3. The zero-order valence-electron chi connectivity index (χ0n) is 12.4. The quantitative estimate of drug-likeness (QED) is 0.249. The summed E-state index contributed by atoms with van der Waals surface area (Å²) in [5, 5.41) is 23.5. The number of phenols is 1. The molecule has 2 aromatic rings. The van der Waals surface area contributed by atoms with Gasteiger partial charge in [-0.05, 0) is 29.8 Å². The predicted octanol–water partition coefficient (Wildman–Crippen LogP) is 4.69. The van der Waals surface area contributed by atoms with E-state index in [1.807, 2.05) is 0 Å². The van der Waals surface area contributed by atoms with Crippen LogP contribution in [0.5, 0.6) is 5.75 Å². The molecule has 0 aliphatic rings. The van der Waals surface area contributed by atoms with Crippen LogP contribution in [0.1, 0.15) is 5.56 Å². The first-order chi connectivity index (χ1) is 11.7. The Bertz CT molecular complexity index is 830. The predicted molar refractivity (Wildman–Crippen MR) is 98.1 cm³/mol. The van der Waals surface area contributed by atoms with Gasteiger partial charge in [0.2, 0.25) is 5.78 Å². The van der Waals surface area contributed by atoms with E-state index in [4.69, 9.17) is 34.8 Å². The average molecular weight is 402 g/mol. The van der Waals surface area contributed by atoms with E-state index in [0.29, 0.717) is 11.3 Å². The van der Waals surface area contributed by atoms with E-state index in [1.165, 1.54) is 30.3 Å². The molecule has 0 radical (unpaired) electrons. The average Bonchev–Trinajstić information content (AvgIpc) is 2.55. The van der Waals surface area contributed by atoms with Gasteiger partial charge in [0.15, 0.2) is 0 Å². The number of hydrogen-bond donors (Lipinski definition) is 2. The molecule has 0 heterocycles. The molecule has 0 aliphatic carbocycles. The number of hydrogen-bond acceptors (Lipinski definition) is 5. The minimum Gasteiger partial charge on any atom is -0.506 e. The maximum Gasteiger partial charge on any atom is 0.269 e. The Balaban J connectivity index is 2.45. The van der Waals surface area contributed by atoms with Crippen molar-refractivity contribution in [1.29, 1.82) is 0 Å². The van der Waals surface area contributed by atoms with Crippen molar-refractivity contribution in [3.63, 3.8) is 0 Å². The Hall–Kier alpha value is -2.28. The summed E-state index contributed by atoms with van der Waals surface area (Å²) in [4.78, 5) is 22.2. The van der Waals surface area contributed by atoms with Crippen LogP contribution in [0.15, 0.2) is 54.6 Å². The summed E-state index contributed by atoms with van der Waals surface area (Å²) in [5.74, 6) is -0.870. The summed E-state index contributed by atoms with van der Waals surface area (Å²) in [6.07, 6.45) is 1.06. The molecule has 0 unspecified atom stereocenters. The highest BCUT2D eigenvalue weighted by molar-refractivity contribution is 6.77. The Morgan fingerprint density at radius 3 is 2.24 bits per heavy atom. The topological polar surface area (TPSA) is 92.5 Å². The number of non-ortho nitro benzene ring substituents is 1. The van der Waals surface area contributed by atoms with Crippen LogP contribution in [-0.4, -0.2) is 19.6 Å². The summed E-state index contributed by atoms with van der Waals surface area (Å²) in [6, 6.07) is 11.7. The van der Waals surface area contributed by atoms with Crippen molar-refractivity contribution in [3.8, 4) is 5.75 Å². The van der Waals surface area contributed by atoms with E-state index in [1.54, 1.807) is 18.2 Å². The lowest BCUT2D eigenvalue weighted by atomic mass is 10.1. The van der Waals surface area contributed by atoms with E-state index in [0.717, 1.165) is 6.08 Å². The summed E-state index contributed by atoms with van der Waals surface area (Å²) in [5.41, 5.74) is 0.826. The van der Waals surface area contributed by atoms with Crippen molar-refractivity contribution in [2.75, 3.05) is 5.32 Å². The monoisotopic (exact) mass is 400 g/mol. The lowest BCUT2D eigenvalue weighted by molar-refractivity contribution is -0.384. The third-order valence-corrected chi connectivity index (χ3v) is 3.68. The van der Waals surface area contributed by atoms with Crippen molar-refractivity contribution in [2.24, 2.45) is 0 Å². The van der Waals surface area contributed by atoms with Gasteiger partial charge in [0.05, 0.1) is 10.6 Å². The van der Waals surface area contributed by atoms with E-state index in [-0.39, 0.29) is 17.1 Å². The van der Waals surface area contributed by atoms with Gasteiger partial charge >= 0.3 is 0 Å². The van der Waals surface area contributed by atoms with Crippen LogP contribution in [-0.2, 0) is 4.79 Å². The van der Waals surface area contributed by atoms with E-state index >= 15 is 0 Å². The normalized spacial score (nSPS) is 11.9. The summed E-state index contributed by atoms with van der Waals surface area (Å²) < 4.78 is -2.16. The number of allylic oxidation sites excluding steroid dienone is 1. The number of nitro benzene ring substituents is 1. The number of nitrogens with one attached hydrogen (secondary N) is 1. The second kappa shape index (κ2) is 7.74. The highest BCUT2D eigenvalue weighted by Gasteiger charge is 2.29. The van der Waals surface area contributed by atoms with Gasteiger partial charge in [-0.2, -0.15) is 0 Å². The SMILES string of the molecule is O=C(/C=C(\Nc1ccccc1O)c1ccc([N+](=O)[O-])cc1)C(Cl)(Cl)Cl. The molecule has 25 heavy (non-hydrogen) atoms. The largest absolute Gasteiger partial charge is 0.506 e. The van der Waals surface area contributed by atoms with Gasteiger partial charge in [-0.25, -0.2) is 0 Å². The van der Waals surface area contributed by atoms with Crippen molar-refractivity contribution >= 4 is 57.7 Å². The number of nitro groups is 1. The molecule has 0 aromatic heterocycles. The number of phenolic OH excluding ortho intramolecular Hbond substituents is 1. The summed E-state index contributed by atoms with van der Waals surface area (Å²) >= 11 is 16.8. The number of anilines is 1. The maximum absolute atomic E-state index is 12.0.